The Balaban J connectivity index is 2.64. The number of nitriles is 2. The zero-order chi connectivity index (χ0) is 15.9. The van der Waals surface area contributed by atoms with Gasteiger partial charge in [0.2, 0.25) is 23.9 Å². The van der Waals surface area contributed by atoms with E-state index in [1.54, 1.807) is 0 Å². The topological polar surface area (TPSA) is 151 Å². The summed E-state index contributed by atoms with van der Waals surface area (Å²) in [6.45, 7) is 0. The Morgan fingerprint density at radius 2 is 1.68 bits per heavy atom. The number of furan rings is 2. The van der Waals surface area contributed by atoms with Gasteiger partial charge in [0.25, 0.3) is 12.5 Å². The predicted octanol–water partition coefficient (Wildman–Crippen LogP) is 2.19. The lowest BCUT2D eigenvalue weighted by Crippen LogP contribution is -1.81. The van der Waals surface area contributed by atoms with E-state index in [-0.39, 0.29) is 34.8 Å². The van der Waals surface area contributed by atoms with Crippen molar-refractivity contribution in [3.8, 4) is 35.5 Å². The summed E-state index contributed by atoms with van der Waals surface area (Å²) in [5.74, 6) is -1.08. The first-order valence-electron chi connectivity index (χ1n) is 5.29. The van der Waals surface area contributed by atoms with Crippen molar-refractivity contribution < 1.29 is 27.9 Å². The summed E-state index contributed by atoms with van der Waals surface area (Å²) in [6.07, 6.45) is 5.25. The zero-order valence-electron chi connectivity index (χ0n) is 10.4. The minimum Gasteiger partial charge on any atom is -0.405 e. The average Bonchev–Trinajstić information content (AvgIpc) is 3.05. The molecule has 0 unspecified atom stereocenters. The van der Waals surface area contributed by atoms with Crippen molar-refractivity contribution in [3.05, 3.63) is 12.1 Å². The van der Waals surface area contributed by atoms with Gasteiger partial charge in [-0.05, 0) is 0 Å². The summed E-state index contributed by atoms with van der Waals surface area (Å²) in [5, 5.41) is 17.0. The van der Waals surface area contributed by atoms with Crippen molar-refractivity contribution >= 4 is 23.9 Å². The molecule has 0 spiro atoms. The first-order valence-corrected chi connectivity index (χ1v) is 5.29. The van der Waals surface area contributed by atoms with E-state index in [1.807, 2.05) is 0 Å². The third-order valence-electron chi connectivity index (χ3n) is 2.25. The van der Waals surface area contributed by atoms with E-state index >= 15 is 0 Å². The van der Waals surface area contributed by atoms with Gasteiger partial charge in [-0.15, -0.1) is 20.5 Å². The highest BCUT2D eigenvalue weighted by Gasteiger charge is 2.22. The van der Waals surface area contributed by atoms with Gasteiger partial charge >= 0.3 is 11.9 Å². The maximum atomic E-state index is 10.4. The number of ether oxygens (including phenoxy) is 2. The zero-order valence-corrected chi connectivity index (χ0v) is 10.4. The molecule has 0 saturated heterocycles. The summed E-state index contributed by atoms with van der Waals surface area (Å²) >= 11 is 0. The van der Waals surface area contributed by atoms with Crippen LogP contribution in [-0.2, 0) is 9.59 Å². The van der Waals surface area contributed by atoms with Crippen LogP contribution < -0.4 is 9.47 Å². The predicted molar refractivity (Wildman–Crippen MR) is 64.5 cm³/mol. The van der Waals surface area contributed by atoms with E-state index in [4.69, 9.17) is 19.4 Å². The van der Waals surface area contributed by atoms with Crippen molar-refractivity contribution in [3.63, 3.8) is 0 Å². The number of hydrogen-bond acceptors (Lipinski definition) is 10. The summed E-state index contributed by atoms with van der Waals surface area (Å²) in [7, 11) is 0. The Labute approximate surface area is 121 Å². The maximum absolute atomic E-state index is 10.4. The Morgan fingerprint density at radius 3 is 2.32 bits per heavy atom. The summed E-state index contributed by atoms with van der Waals surface area (Å²) < 4.78 is 19.0. The standard InChI is InChI=1S/C12H2N4O6/c13-3-19-10-2-7(11(22-10)16-6-18)8-1-9(15-5-17)21-12(8)20-4-14/h1-2H. The van der Waals surface area contributed by atoms with Crippen molar-refractivity contribution in [2.24, 2.45) is 9.98 Å². The van der Waals surface area contributed by atoms with Gasteiger partial charge in [0.05, 0.1) is 11.1 Å². The van der Waals surface area contributed by atoms with Gasteiger partial charge in [-0.25, -0.2) is 9.59 Å². The quantitative estimate of drug-likeness (QED) is 0.462. The molecule has 0 fully saturated rings. The van der Waals surface area contributed by atoms with Gasteiger partial charge in [0.1, 0.15) is 0 Å². The monoisotopic (exact) mass is 298 g/mol. The average molecular weight is 298 g/mol. The minimum atomic E-state index is -0.330. The van der Waals surface area contributed by atoms with Gasteiger partial charge in [-0.3, -0.25) is 0 Å². The molecule has 106 valence electrons. The lowest BCUT2D eigenvalue weighted by Gasteiger charge is -1.94. The third-order valence-corrected chi connectivity index (χ3v) is 2.25. The van der Waals surface area contributed by atoms with E-state index in [0.29, 0.717) is 0 Å². The lowest BCUT2D eigenvalue weighted by molar-refractivity contribution is 0.363. The molecule has 0 bridgehead atoms. The van der Waals surface area contributed by atoms with Crippen molar-refractivity contribution in [1.82, 2.24) is 0 Å². The van der Waals surface area contributed by atoms with Crippen LogP contribution in [-0.4, -0.2) is 12.2 Å². The van der Waals surface area contributed by atoms with Crippen molar-refractivity contribution in [2.75, 3.05) is 0 Å². The Hall–Kier alpha value is -4.10. The van der Waals surface area contributed by atoms with Gasteiger partial charge in [-0.1, -0.05) is 0 Å². The number of carbonyl (C=O) groups excluding carboxylic acids is 2. The van der Waals surface area contributed by atoms with Crippen LogP contribution in [0.3, 0.4) is 0 Å². The van der Waals surface area contributed by atoms with Crippen LogP contribution in [0.15, 0.2) is 31.0 Å². The molecule has 0 radical (unpaired) electrons. The fourth-order valence-electron chi connectivity index (χ4n) is 1.54. The van der Waals surface area contributed by atoms with Crippen LogP contribution in [0.25, 0.3) is 11.1 Å². The highest BCUT2D eigenvalue weighted by atomic mass is 16.6. The summed E-state index contributed by atoms with van der Waals surface area (Å²) in [4.78, 5) is 27.2. The van der Waals surface area contributed by atoms with Crippen molar-refractivity contribution in [2.45, 2.75) is 0 Å². The molecule has 22 heavy (non-hydrogen) atoms. The Bertz CT molecular complexity index is 884. The van der Waals surface area contributed by atoms with E-state index in [2.05, 4.69) is 19.5 Å². The molecule has 2 aromatic heterocycles. The fourth-order valence-corrected chi connectivity index (χ4v) is 1.54. The number of aliphatic imine (C=N–C) groups is 2. The van der Waals surface area contributed by atoms with E-state index < -0.39 is 0 Å². The second-order valence-electron chi connectivity index (χ2n) is 3.36. The molecule has 10 heteroatoms. The van der Waals surface area contributed by atoms with E-state index in [1.165, 1.54) is 36.8 Å². The molecule has 2 rings (SSSR count). The normalized spacial score (nSPS) is 8.82. The molecule has 0 aliphatic carbocycles. The summed E-state index contributed by atoms with van der Waals surface area (Å²) in [5.41, 5.74) is 0.177. The van der Waals surface area contributed by atoms with Crippen LogP contribution in [0.5, 0.6) is 11.9 Å². The highest BCUT2D eigenvalue weighted by Crippen LogP contribution is 2.44. The molecular weight excluding hydrogens is 296 g/mol. The van der Waals surface area contributed by atoms with Gasteiger partial charge in [0, 0.05) is 12.1 Å². The molecular formula is C12H2N4O6. The molecule has 2 aromatic rings. The van der Waals surface area contributed by atoms with Crippen LogP contribution in [0, 0.1) is 23.0 Å². The molecule has 2 heterocycles. The molecule has 10 nitrogen and oxygen atoms in total. The molecule has 0 N–H and O–H groups in total. The second-order valence-corrected chi connectivity index (χ2v) is 3.36. The smallest absolute Gasteiger partial charge is 0.311 e. The number of isocyanates is 2. The Kier molecular flexibility index (Phi) is 4.14. The summed E-state index contributed by atoms with van der Waals surface area (Å²) in [6, 6.07) is 2.41. The second kappa shape index (κ2) is 6.37. The first kappa shape index (κ1) is 14.3. The number of rotatable bonds is 5. The number of nitrogens with zero attached hydrogens (tertiary/aromatic N) is 4. The minimum absolute atomic E-state index is 0.0843. The van der Waals surface area contributed by atoms with Gasteiger partial charge in [-0.2, -0.15) is 0 Å². The Morgan fingerprint density at radius 1 is 0.955 bits per heavy atom. The van der Waals surface area contributed by atoms with Crippen LogP contribution in [0.4, 0.5) is 11.8 Å². The molecule has 0 aromatic carbocycles. The van der Waals surface area contributed by atoms with Crippen LogP contribution in [0.1, 0.15) is 0 Å². The van der Waals surface area contributed by atoms with Gasteiger partial charge < -0.3 is 18.3 Å². The first-order chi connectivity index (χ1) is 10.7. The van der Waals surface area contributed by atoms with Crippen LogP contribution in [0.2, 0.25) is 0 Å². The maximum Gasteiger partial charge on any atom is 0.311 e. The molecule has 0 atom stereocenters. The third kappa shape index (κ3) is 2.74. The fraction of sp³-hybridized carbons (Fsp3) is 0. The van der Waals surface area contributed by atoms with E-state index in [0.717, 1.165) is 0 Å². The molecule has 0 amide bonds. The molecule has 0 saturated carbocycles. The largest absolute Gasteiger partial charge is 0.405 e. The highest BCUT2D eigenvalue weighted by molar-refractivity contribution is 5.80. The lowest BCUT2D eigenvalue weighted by atomic mass is 10.1. The molecule has 0 aliphatic rings. The van der Waals surface area contributed by atoms with Gasteiger partial charge in [0.15, 0.2) is 0 Å². The SMILES string of the molecule is N#COc1cc(-c2cc(N=C=O)oc2OC#N)c(N=C=O)o1. The van der Waals surface area contributed by atoms with Crippen molar-refractivity contribution in [1.29, 1.82) is 10.5 Å². The molecule has 0 aliphatic heterocycles. The number of hydrogen-bond donors (Lipinski definition) is 0. The van der Waals surface area contributed by atoms with E-state index in [9.17, 15) is 9.59 Å². The van der Waals surface area contributed by atoms with Crippen LogP contribution >= 0.6 is 0 Å².